The Labute approximate surface area is 109 Å². The van der Waals surface area contributed by atoms with E-state index in [-0.39, 0.29) is 5.91 Å². The number of hydrogen-bond acceptors (Lipinski definition) is 4. The predicted octanol–water partition coefficient (Wildman–Crippen LogP) is 2.52. The first-order valence-corrected chi connectivity index (χ1v) is 5.85. The Morgan fingerprint density at radius 1 is 1.11 bits per heavy atom. The number of hydrogen-bond donors (Lipinski definition) is 3. The van der Waals surface area contributed by atoms with Gasteiger partial charge in [-0.2, -0.15) is 0 Å². The number of fused-ring (bicyclic) bond motifs is 1. The van der Waals surface area contributed by atoms with Gasteiger partial charge in [-0.05, 0) is 42.0 Å². The van der Waals surface area contributed by atoms with Crippen LogP contribution in [0.4, 0.5) is 5.69 Å². The summed E-state index contributed by atoms with van der Waals surface area (Å²) in [6, 6.07) is 12.3. The molecule has 0 aromatic heterocycles. The Hall–Kier alpha value is -2.53. The van der Waals surface area contributed by atoms with Crippen LogP contribution >= 0.6 is 0 Å². The second-order valence-electron chi connectivity index (χ2n) is 4.24. The summed E-state index contributed by atoms with van der Waals surface area (Å²) >= 11 is 0. The Morgan fingerprint density at radius 3 is 2.58 bits per heavy atom. The molecule has 0 atom stereocenters. The van der Waals surface area contributed by atoms with Gasteiger partial charge in [0, 0.05) is 12.1 Å². The lowest BCUT2D eigenvalue weighted by Crippen LogP contribution is -2.12. The number of ether oxygens (including phenoxy) is 1. The molecule has 1 amide bonds. The first-order chi connectivity index (χ1) is 9.26. The van der Waals surface area contributed by atoms with Crippen LogP contribution in [0, 0.1) is 0 Å². The van der Waals surface area contributed by atoms with E-state index in [4.69, 9.17) is 9.94 Å². The fourth-order valence-corrected chi connectivity index (χ4v) is 1.99. The molecule has 2 aromatic rings. The quantitative estimate of drug-likeness (QED) is 0.738. The van der Waals surface area contributed by atoms with E-state index in [1.807, 2.05) is 17.6 Å². The molecule has 3 N–H and O–H groups in total. The standard InChI is InChI=1S/C14H12N2O3/c17-14-13-7-12(4-1-9(13)8-15-14)19-11-5-2-10(16-18)3-6-11/h1-7,16,18H,8H2,(H,15,17). The number of amides is 1. The normalized spacial score (nSPS) is 12.8. The monoisotopic (exact) mass is 256 g/mol. The van der Waals surface area contributed by atoms with Crippen molar-refractivity contribution in [3.8, 4) is 11.5 Å². The highest BCUT2D eigenvalue weighted by atomic mass is 16.5. The van der Waals surface area contributed by atoms with Crippen LogP contribution < -0.4 is 15.5 Å². The summed E-state index contributed by atoms with van der Waals surface area (Å²) in [5.74, 6) is 1.18. The van der Waals surface area contributed by atoms with Crippen LogP contribution in [-0.4, -0.2) is 11.1 Å². The number of anilines is 1. The van der Waals surface area contributed by atoms with Crippen LogP contribution in [-0.2, 0) is 6.54 Å². The zero-order valence-electron chi connectivity index (χ0n) is 10.0. The average Bonchev–Trinajstić information content (AvgIpc) is 2.81. The first-order valence-electron chi connectivity index (χ1n) is 5.85. The second kappa shape index (κ2) is 4.62. The molecule has 0 fully saturated rings. The van der Waals surface area contributed by atoms with E-state index in [0.29, 0.717) is 29.3 Å². The Kier molecular flexibility index (Phi) is 2.81. The summed E-state index contributed by atoms with van der Waals surface area (Å²) in [7, 11) is 0. The molecule has 5 nitrogen and oxygen atoms in total. The zero-order chi connectivity index (χ0) is 13.2. The maximum atomic E-state index is 11.6. The molecule has 0 bridgehead atoms. The summed E-state index contributed by atoms with van der Waals surface area (Å²) in [5, 5.41) is 11.5. The van der Waals surface area contributed by atoms with Gasteiger partial charge in [-0.3, -0.25) is 15.5 Å². The Bertz CT molecular complexity index is 623. The number of nitrogens with one attached hydrogen (secondary N) is 2. The zero-order valence-corrected chi connectivity index (χ0v) is 10.0. The minimum Gasteiger partial charge on any atom is -0.457 e. The molecule has 0 saturated carbocycles. The molecule has 5 heteroatoms. The Balaban J connectivity index is 1.83. The van der Waals surface area contributed by atoms with Gasteiger partial charge in [0.15, 0.2) is 0 Å². The van der Waals surface area contributed by atoms with Crippen LogP contribution in [0.25, 0.3) is 0 Å². The average molecular weight is 256 g/mol. The van der Waals surface area contributed by atoms with E-state index < -0.39 is 0 Å². The van der Waals surface area contributed by atoms with Crippen molar-refractivity contribution in [1.82, 2.24) is 5.32 Å². The summed E-state index contributed by atoms with van der Waals surface area (Å²) in [6.45, 7) is 0.575. The third-order valence-corrected chi connectivity index (χ3v) is 2.98. The minimum absolute atomic E-state index is 0.0692. The third-order valence-electron chi connectivity index (χ3n) is 2.98. The van der Waals surface area contributed by atoms with E-state index in [1.165, 1.54) is 0 Å². The van der Waals surface area contributed by atoms with Crippen LogP contribution in [0.5, 0.6) is 11.5 Å². The van der Waals surface area contributed by atoms with Crippen LogP contribution in [0.3, 0.4) is 0 Å². The molecule has 1 aliphatic rings. The van der Waals surface area contributed by atoms with Crippen molar-refractivity contribution in [2.24, 2.45) is 0 Å². The largest absolute Gasteiger partial charge is 0.457 e. The molecule has 3 rings (SSSR count). The molecule has 0 radical (unpaired) electrons. The van der Waals surface area contributed by atoms with Gasteiger partial charge in [0.1, 0.15) is 11.5 Å². The molecule has 1 aliphatic heterocycles. The van der Waals surface area contributed by atoms with E-state index in [9.17, 15) is 4.79 Å². The van der Waals surface area contributed by atoms with Crippen molar-refractivity contribution in [2.75, 3.05) is 5.48 Å². The second-order valence-corrected chi connectivity index (χ2v) is 4.24. The predicted molar refractivity (Wildman–Crippen MR) is 69.5 cm³/mol. The lowest BCUT2D eigenvalue weighted by Gasteiger charge is -2.07. The van der Waals surface area contributed by atoms with Gasteiger partial charge in [-0.1, -0.05) is 6.07 Å². The van der Waals surface area contributed by atoms with Crippen LogP contribution in [0.2, 0.25) is 0 Å². The smallest absolute Gasteiger partial charge is 0.252 e. The van der Waals surface area contributed by atoms with Gasteiger partial charge in [0.25, 0.3) is 5.91 Å². The van der Waals surface area contributed by atoms with Gasteiger partial charge >= 0.3 is 0 Å². The molecule has 0 aliphatic carbocycles. The number of benzene rings is 2. The molecule has 1 heterocycles. The molecule has 0 spiro atoms. The molecular weight excluding hydrogens is 244 g/mol. The first kappa shape index (κ1) is 11.6. The van der Waals surface area contributed by atoms with E-state index in [1.54, 1.807) is 30.3 Å². The lowest BCUT2D eigenvalue weighted by molar-refractivity contribution is 0.0965. The minimum atomic E-state index is -0.0692. The topological polar surface area (TPSA) is 70.6 Å². The van der Waals surface area contributed by atoms with E-state index in [0.717, 1.165) is 5.56 Å². The summed E-state index contributed by atoms with van der Waals surface area (Å²) < 4.78 is 5.66. The summed E-state index contributed by atoms with van der Waals surface area (Å²) in [4.78, 5) is 11.6. The van der Waals surface area contributed by atoms with Crippen molar-refractivity contribution in [3.63, 3.8) is 0 Å². The molecule has 0 unspecified atom stereocenters. The highest BCUT2D eigenvalue weighted by molar-refractivity contribution is 5.98. The SMILES string of the molecule is O=C1NCc2ccc(Oc3ccc(NO)cc3)cc21. The van der Waals surface area contributed by atoms with Crippen molar-refractivity contribution in [2.45, 2.75) is 6.54 Å². The molecule has 2 aromatic carbocycles. The van der Waals surface area contributed by atoms with Crippen LogP contribution in [0.15, 0.2) is 42.5 Å². The fraction of sp³-hybridized carbons (Fsp3) is 0.0714. The molecule has 96 valence electrons. The highest BCUT2D eigenvalue weighted by Crippen LogP contribution is 2.26. The van der Waals surface area contributed by atoms with E-state index in [2.05, 4.69) is 5.32 Å². The van der Waals surface area contributed by atoms with E-state index >= 15 is 0 Å². The number of carbonyl (C=O) groups excluding carboxylic acids is 1. The summed E-state index contributed by atoms with van der Waals surface area (Å²) in [6.07, 6.45) is 0. The third kappa shape index (κ3) is 2.23. The molecule has 19 heavy (non-hydrogen) atoms. The van der Waals surface area contributed by atoms with Gasteiger partial charge in [0.05, 0.1) is 5.69 Å². The van der Waals surface area contributed by atoms with Crippen molar-refractivity contribution in [1.29, 1.82) is 0 Å². The van der Waals surface area contributed by atoms with Crippen molar-refractivity contribution < 1.29 is 14.7 Å². The Morgan fingerprint density at radius 2 is 1.84 bits per heavy atom. The fourth-order valence-electron chi connectivity index (χ4n) is 1.99. The van der Waals surface area contributed by atoms with Gasteiger partial charge in [-0.25, -0.2) is 0 Å². The molecule has 0 saturated heterocycles. The maximum absolute atomic E-state index is 11.6. The maximum Gasteiger partial charge on any atom is 0.252 e. The van der Waals surface area contributed by atoms with Gasteiger partial charge in [-0.15, -0.1) is 0 Å². The van der Waals surface area contributed by atoms with Crippen molar-refractivity contribution in [3.05, 3.63) is 53.6 Å². The number of rotatable bonds is 3. The van der Waals surface area contributed by atoms with Crippen LogP contribution in [0.1, 0.15) is 15.9 Å². The highest BCUT2D eigenvalue weighted by Gasteiger charge is 2.19. The summed E-state index contributed by atoms with van der Waals surface area (Å²) in [5.41, 5.74) is 4.28. The molecular formula is C14H12N2O3. The number of carbonyl (C=O) groups is 1. The van der Waals surface area contributed by atoms with Gasteiger partial charge < -0.3 is 10.1 Å². The lowest BCUT2D eigenvalue weighted by atomic mass is 10.1. The van der Waals surface area contributed by atoms with Crippen molar-refractivity contribution >= 4 is 11.6 Å². The van der Waals surface area contributed by atoms with Gasteiger partial charge in [0.2, 0.25) is 0 Å².